The minimum Gasteiger partial charge on any atom is -0.383 e. The van der Waals surface area contributed by atoms with Crippen LogP contribution in [0.2, 0.25) is 0 Å². The van der Waals surface area contributed by atoms with Crippen LogP contribution < -0.4 is 5.32 Å². The summed E-state index contributed by atoms with van der Waals surface area (Å²) >= 11 is 1.43. The highest BCUT2D eigenvalue weighted by molar-refractivity contribution is 7.13. The molecule has 0 aliphatic rings. The van der Waals surface area contributed by atoms with E-state index in [9.17, 15) is 9.18 Å². The van der Waals surface area contributed by atoms with Crippen LogP contribution in [0.4, 0.5) is 4.39 Å². The van der Waals surface area contributed by atoms with Gasteiger partial charge in [0.05, 0.1) is 12.3 Å². The Labute approximate surface area is 171 Å². The molecule has 0 aliphatic carbocycles. The number of aromatic nitrogens is 2. The second kappa shape index (κ2) is 8.55. The summed E-state index contributed by atoms with van der Waals surface area (Å²) in [6, 6.07) is 16.3. The smallest absolute Gasteiger partial charge is 0.271 e. The highest BCUT2D eigenvalue weighted by Crippen LogP contribution is 2.30. The summed E-state index contributed by atoms with van der Waals surface area (Å²) in [5.41, 5.74) is 3.27. The predicted molar refractivity (Wildman–Crippen MR) is 112 cm³/mol. The molecule has 4 rings (SSSR count). The molecule has 2 heterocycles. The third-order valence-corrected chi connectivity index (χ3v) is 5.52. The molecule has 0 atom stereocenters. The molecule has 0 unspecified atom stereocenters. The van der Waals surface area contributed by atoms with Gasteiger partial charge in [-0.2, -0.15) is 0 Å². The van der Waals surface area contributed by atoms with Crippen molar-refractivity contribution in [2.24, 2.45) is 0 Å². The Morgan fingerprint density at radius 3 is 2.79 bits per heavy atom. The highest BCUT2D eigenvalue weighted by Gasteiger charge is 2.16. The quantitative estimate of drug-likeness (QED) is 0.490. The van der Waals surface area contributed by atoms with Crippen molar-refractivity contribution in [2.45, 2.75) is 13.1 Å². The van der Waals surface area contributed by atoms with Crippen LogP contribution >= 0.6 is 11.3 Å². The fraction of sp³-hybridized carbons (Fsp3) is 0.182. The molecule has 0 saturated carbocycles. The van der Waals surface area contributed by atoms with Gasteiger partial charge in [0.15, 0.2) is 0 Å². The molecular weight excluding hydrogens is 389 g/mol. The van der Waals surface area contributed by atoms with Crippen LogP contribution in [0, 0.1) is 5.82 Å². The SMILES string of the molecule is COCCn1c(-c2nc(C(=O)NCc3ccc(F)cc3)cs2)cc2ccccc21. The molecule has 0 bridgehead atoms. The lowest BCUT2D eigenvalue weighted by Crippen LogP contribution is -2.23. The summed E-state index contributed by atoms with van der Waals surface area (Å²) < 4.78 is 20.4. The van der Waals surface area contributed by atoms with Gasteiger partial charge in [-0.1, -0.05) is 30.3 Å². The number of halogens is 1. The number of ether oxygens (including phenoxy) is 1. The van der Waals surface area contributed by atoms with Crippen molar-refractivity contribution in [2.75, 3.05) is 13.7 Å². The van der Waals surface area contributed by atoms with Crippen molar-refractivity contribution >= 4 is 28.1 Å². The van der Waals surface area contributed by atoms with Gasteiger partial charge in [-0.3, -0.25) is 4.79 Å². The summed E-state index contributed by atoms with van der Waals surface area (Å²) in [5.74, 6) is -0.551. The van der Waals surface area contributed by atoms with Gasteiger partial charge in [-0.05, 0) is 29.8 Å². The summed E-state index contributed by atoms with van der Waals surface area (Å²) in [6.07, 6.45) is 0. The molecule has 148 valence electrons. The number of carbonyl (C=O) groups is 1. The lowest BCUT2D eigenvalue weighted by atomic mass is 10.2. The van der Waals surface area contributed by atoms with Crippen LogP contribution in [0.3, 0.4) is 0 Å². The monoisotopic (exact) mass is 409 g/mol. The number of fused-ring (bicyclic) bond motifs is 1. The molecule has 2 aromatic heterocycles. The van der Waals surface area contributed by atoms with E-state index in [0.717, 1.165) is 27.2 Å². The molecule has 0 radical (unpaired) electrons. The van der Waals surface area contributed by atoms with Crippen LogP contribution in [-0.2, 0) is 17.8 Å². The number of nitrogens with one attached hydrogen (secondary N) is 1. The number of amides is 1. The van der Waals surface area contributed by atoms with Gasteiger partial charge < -0.3 is 14.6 Å². The van der Waals surface area contributed by atoms with E-state index in [4.69, 9.17) is 4.74 Å². The maximum Gasteiger partial charge on any atom is 0.271 e. The fourth-order valence-electron chi connectivity index (χ4n) is 3.18. The van der Waals surface area contributed by atoms with E-state index in [2.05, 4.69) is 33.1 Å². The standard InChI is InChI=1S/C22H20FN3O2S/c1-28-11-10-26-19-5-3-2-4-16(19)12-20(26)22-25-18(14-29-22)21(27)24-13-15-6-8-17(23)9-7-15/h2-9,12,14H,10-11,13H2,1H3,(H,24,27). The second-order valence-electron chi connectivity index (χ2n) is 6.58. The second-order valence-corrected chi connectivity index (χ2v) is 7.44. The zero-order chi connectivity index (χ0) is 20.2. The number of carbonyl (C=O) groups excluding carboxylic acids is 1. The van der Waals surface area contributed by atoms with E-state index in [0.29, 0.717) is 25.4 Å². The molecule has 0 fully saturated rings. The number of rotatable bonds is 7. The van der Waals surface area contributed by atoms with Crippen LogP contribution in [0.5, 0.6) is 0 Å². The lowest BCUT2D eigenvalue weighted by molar-refractivity contribution is 0.0946. The van der Waals surface area contributed by atoms with E-state index in [1.54, 1.807) is 24.6 Å². The molecule has 0 aliphatic heterocycles. The van der Waals surface area contributed by atoms with E-state index in [-0.39, 0.29) is 11.7 Å². The Balaban J connectivity index is 1.55. The van der Waals surface area contributed by atoms with Gasteiger partial charge in [-0.25, -0.2) is 9.37 Å². The Morgan fingerprint density at radius 2 is 2.00 bits per heavy atom. The van der Waals surface area contributed by atoms with E-state index >= 15 is 0 Å². The summed E-state index contributed by atoms with van der Waals surface area (Å²) in [7, 11) is 1.68. The zero-order valence-electron chi connectivity index (χ0n) is 15.9. The first-order chi connectivity index (χ1) is 14.2. The number of nitrogens with zero attached hydrogens (tertiary/aromatic N) is 2. The molecule has 1 amide bonds. The van der Waals surface area contributed by atoms with Gasteiger partial charge in [0.25, 0.3) is 5.91 Å². The Bertz CT molecular complexity index is 1130. The molecular formula is C22H20FN3O2S. The molecule has 7 heteroatoms. The first-order valence-corrected chi connectivity index (χ1v) is 10.1. The first-order valence-electron chi connectivity index (χ1n) is 9.21. The van der Waals surface area contributed by atoms with Crippen LogP contribution in [0.1, 0.15) is 16.1 Å². The third kappa shape index (κ3) is 4.21. The van der Waals surface area contributed by atoms with Crippen molar-refractivity contribution < 1.29 is 13.9 Å². The van der Waals surface area contributed by atoms with Crippen LogP contribution in [0.25, 0.3) is 21.6 Å². The Morgan fingerprint density at radius 1 is 1.21 bits per heavy atom. The summed E-state index contributed by atoms with van der Waals surface area (Å²) in [4.78, 5) is 17.0. The largest absolute Gasteiger partial charge is 0.383 e. The Kier molecular flexibility index (Phi) is 5.69. The number of para-hydroxylation sites is 1. The Hall–Kier alpha value is -3.03. The molecule has 2 aromatic carbocycles. The van der Waals surface area contributed by atoms with E-state index in [1.165, 1.54) is 23.5 Å². The topological polar surface area (TPSA) is 56.2 Å². The average Bonchev–Trinajstić information content (AvgIpc) is 3.36. The molecule has 0 spiro atoms. The first kappa shape index (κ1) is 19.3. The number of thiazole rings is 1. The normalized spacial score (nSPS) is 11.1. The van der Waals surface area contributed by atoms with Crippen molar-refractivity contribution in [1.82, 2.24) is 14.9 Å². The van der Waals surface area contributed by atoms with Gasteiger partial charge in [-0.15, -0.1) is 11.3 Å². The van der Waals surface area contributed by atoms with E-state index in [1.807, 2.05) is 12.1 Å². The van der Waals surface area contributed by atoms with Crippen molar-refractivity contribution in [3.05, 3.63) is 77.1 Å². The summed E-state index contributed by atoms with van der Waals surface area (Å²) in [5, 5.41) is 6.49. The minimum absolute atomic E-state index is 0.253. The van der Waals surface area contributed by atoms with Crippen LogP contribution in [-0.4, -0.2) is 29.2 Å². The number of benzene rings is 2. The number of hydrogen-bond acceptors (Lipinski definition) is 4. The highest BCUT2D eigenvalue weighted by atomic mass is 32.1. The van der Waals surface area contributed by atoms with Crippen molar-refractivity contribution in [3.63, 3.8) is 0 Å². The average molecular weight is 409 g/mol. The molecule has 1 N–H and O–H groups in total. The number of methoxy groups -OCH3 is 1. The minimum atomic E-state index is -0.298. The lowest BCUT2D eigenvalue weighted by Gasteiger charge is -2.08. The van der Waals surface area contributed by atoms with Crippen molar-refractivity contribution in [3.8, 4) is 10.7 Å². The molecule has 5 nitrogen and oxygen atoms in total. The maximum absolute atomic E-state index is 13.0. The molecule has 0 saturated heterocycles. The van der Waals surface area contributed by atoms with Gasteiger partial charge in [0.2, 0.25) is 0 Å². The molecule has 29 heavy (non-hydrogen) atoms. The van der Waals surface area contributed by atoms with Gasteiger partial charge in [0, 0.05) is 36.5 Å². The van der Waals surface area contributed by atoms with Crippen molar-refractivity contribution in [1.29, 1.82) is 0 Å². The molecule has 4 aromatic rings. The predicted octanol–water partition coefficient (Wildman–Crippen LogP) is 4.48. The van der Waals surface area contributed by atoms with E-state index < -0.39 is 0 Å². The zero-order valence-corrected chi connectivity index (χ0v) is 16.7. The summed E-state index contributed by atoms with van der Waals surface area (Å²) in [6.45, 7) is 1.60. The van der Waals surface area contributed by atoms with Gasteiger partial charge in [0.1, 0.15) is 16.5 Å². The fourth-order valence-corrected chi connectivity index (χ4v) is 4.01. The maximum atomic E-state index is 13.0. The van der Waals surface area contributed by atoms with Gasteiger partial charge >= 0.3 is 0 Å². The number of hydrogen-bond donors (Lipinski definition) is 1. The van der Waals surface area contributed by atoms with Crippen LogP contribution in [0.15, 0.2) is 60.0 Å². The third-order valence-electron chi connectivity index (χ3n) is 4.65.